The zero-order valence-corrected chi connectivity index (χ0v) is 11.3. The first-order valence-corrected chi connectivity index (χ1v) is 7.12. The first kappa shape index (κ1) is 12.4. The zero-order valence-electron chi connectivity index (χ0n) is 11.3. The Labute approximate surface area is 101 Å². The van der Waals surface area contributed by atoms with E-state index in [0.29, 0.717) is 5.54 Å². The highest BCUT2D eigenvalue weighted by Gasteiger charge is 2.46. The smallest absolute Gasteiger partial charge is 0.0334 e. The van der Waals surface area contributed by atoms with E-state index in [4.69, 9.17) is 0 Å². The summed E-state index contributed by atoms with van der Waals surface area (Å²) in [6.07, 6.45) is 5.62. The van der Waals surface area contributed by atoms with E-state index < -0.39 is 0 Å². The molecule has 1 N–H and O–H groups in total. The molecule has 0 aromatic rings. The molecule has 0 bridgehead atoms. The largest absolute Gasteiger partial charge is 0.314 e. The van der Waals surface area contributed by atoms with Gasteiger partial charge < -0.3 is 5.32 Å². The van der Waals surface area contributed by atoms with Crippen molar-refractivity contribution in [2.24, 2.45) is 11.8 Å². The van der Waals surface area contributed by atoms with E-state index in [1.807, 2.05) is 0 Å². The molecule has 1 aliphatic carbocycles. The van der Waals surface area contributed by atoms with E-state index in [-0.39, 0.29) is 0 Å². The highest BCUT2D eigenvalue weighted by atomic mass is 15.3. The Morgan fingerprint density at radius 3 is 2.81 bits per heavy atom. The maximum Gasteiger partial charge on any atom is 0.0334 e. The van der Waals surface area contributed by atoms with Gasteiger partial charge in [-0.2, -0.15) is 0 Å². The van der Waals surface area contributed by atoms with Gasteiger partial charge in [-0.3, -0.25) is 4.90 Å². The molecule has 2 fully saturated rings. The molecule has 0 radical (unpaired) electrons. The van der Waals surface area contributed by atoms with Gasteiger partial charge in [0.1, 0.15) is 0 Å². The summed E-state index contributed by atoms with van der Waals surface area (Å²) in [6.45, 7) is 12.1. The zero-order chi connectivity index (χ0) is 11.6. The van der Waals surface area contributed by atoms with Crippen LogP contribution in [0.15, 0.2) is 0 Å². The Hall–Kier alpha value is -0.0800. The summed E-state index contributed by atoms with van der Waals surface area (Å²) in [5.41, 5.74) is 0.459. The lowest BCUT2D eigenvalue weighted by atomic mass is 9.89. The highest BCUT2D eigenvalue weighted by Crippen LogP contribution is 2.43. The fourth-order valence-electron chi connectivity index (χ4n) is 3.29. The Kier molecular flexibility index (Phi) is 3.91. The number of nitrogens with one attached hydrogen (secondary N) is 1. The number of hydrogen-bond donors (Lipinski definition) is 1. The average Bonchev–Trinajstić information content (AvgIpc) is 3.05. The molecule has 2 atom stereocenters. The maximum absolute atomic E-state index is 3.59. The van der Waals surface area contributed by atoms with E-state index in [0.717, 1.165) is 11.8 Å². The fourth-order valence-corrected chi connectivity index (χ4v) is 3.29. The van der Waals surface area contributed by atoms with Crippen LogP contribution in [0.2, 0.25) is 0 Å². The topological polar surface area (TPSA) is 15.3 Å². The third-order valence-electron chi connectivity index (χ3n) is 4.53. The molecule has 0 aromatic heterocycles. The SMILES string of the molecule is CCCC(C)CN1CCNCC1(C)C1CC1. The van der Waals surface area contributed by atoms with Gasteiger partial charge >= 0.3 is 0 Å². The second kappa shape index (κ2) is 5.05. The standard InChI is InChI=1S/C14H28N2/c1-4-5-12(2)10-16-9-8-15-11-14(16,3)13-6-7-13/h12-13,15H,4-11H2,1-3H3. The molecule has 1 saturated carbocycles. The van der Waals surface area contributed by atoms with Gasteiger partial charge in [0.15, 0.2) is 0 Å². The molecule has 16 heavy (non-hydrogen) atoms. The lowest BCUT2D eigenvalue weighted by Gasteiger charge is -2.47. The Morgan fingerprint density at radius 1 is 1.44 bits per heavy atom. The predicted octanol–water partition coefficient (Wildman–Crippen LogP) is 2.50. The van der Waals surface area contributed by atoms with Crippen LogP contribution in [-0.4, -0.2) is 36.6 Å². The number of nitrogens with zero attached hydrogens (tertiary/aromatic N) is 1. The number of piperazine rings is 1. The summed E-state index contributed by atoms with van der Waals surface area (Å²) in [4.78, 5) is 2.78. The minimum atomic E-state index is 0.459. The number of hydrogen-bond acceptors (Lipinski definition) is 2. The Bertz CT molecular complexity index is 225. The fraction of sp³-hybridized carbons (Fsp3) is 1.00. The molecular weight excluding hydrogens is 196 g/mol. The van der Waals surface area contributed by atoms with Crippen LogP contribution in [0.1, 0.15) is 46.5 Å². The van der Waals surface area contributed by atoms with Crippen LogP contribution in [0, 0.1) is 11.8 Å². The summed E-state index contributed by atoms with van der Waals surface area (Å²) in [6, 6.07) is 0. The average molecular weight is 224 g/mol. The quantitative estimate of drug-likeness (QED) is 0.772. The van der Waals surface area contributed by atoms with Gasteiger partial charge in [0.2, 0.25) is 0 Å². The van der Waals surface area contributed by atoms with Crippen LogP contribution in [0.4, 0.5) is 0 Å². The van der Waals surface area contributed by atoms with Crippen LogP contribution in [0.3, 0.4) is 0 Å². The minimum Gasteiger partial charge on any atom is -0.314 e. The lowest BCUT2D eigenvalue weighted by molar-refractivity contribution is 0.0420. The lowest BCUT2D eigenvalue weighted by Crippen LogP contribution is -2.61. The summed E-state index contributed by atoms with van der Waals surface area (Å²) in [5.74, 6) is 1.83. The third-order valence-corrected chi connectivity index (χ3v) is 4.53. The first-order chi connectivity index (χ1) is 7.66. The molecule has 0 aromatic carbocycles. The van der Waals surface area contributed by atoms with Gasteiger partial charge in [-0.1, -0.05) is 20.3 Å². The van der Waals surface area contributed by atoms with Crippen LogP contribution < -0.4 is 5.32 Å². The molecule has 94 valence electrons. The van der Waals surface area contributed by atoms with Gasteiger partial charge in [0.25, 0.3) is 0 Å². The molecule has 2 rings (SSSR count). The third kappa shape index (κ3) is 2.60. The van der Waals surface area contributed by atoms with Gasteiger partial charge in [-0.05, 0) is 38.0 Å². The molecule has 0 spiro atoms. The molecule has 1 saturated heterocycles. The van der Waals surface area contributed by atoms with Gasteiger partial charge in [0, 0.05) is 31.7 Å². The van der Waals surface area contributed by atoms with Crippen molar-refractivity contribution in [3.63, 3.8) is 0 Å². The molecule has 1 aliphatic heterocycles. The summed E-state index contributed by atoms with van der Waals surface area (Å²) in [7, 11) is 0. The van der Waals surface area contributed by atoms with Crippen molar-refractivity contribution in [1.29, 1.82) is 0 Å². The van der Waals surface area contributed by atoms with Crippen molar-refractivity contribution in [3.05, 3.63) is 0 Å². The number of rotatable bonds is 5. The molecular formula is C14H28N2. The van der Waals surface area contributed by atoms with E-state index in [1.165, 1.54) is 51.9 Å². The van der Waals surface area contributed by atoms with Gasteiger partial charge in [0.05, 0.1) is 0 Å². The molecule has 0 amide bonds. The minimum absolute atomic E-state index is 0.459. The van der Waals surface area contributed by atoms with Crippen LogP contribution in [0.25, 0.3) is 0 Å². The maximum atomic E-state index is 3.59. The second-order valence-electron chi connectivity index (χ2n) is 6.15. The van der Waals surface area contributed by atoms with Crippen molar-refractivity contribution in [2.45, 2.75) is 52.0 Å². The highest BCUT2D eigenvalue weighted by molar-refractivity contribution is 5.03. The van der Waals surface area contributed by atoms with Crippen molar-refractivity contribution >= 4 is 0 Å². The molecule has 2 heteroatoms. The van der Waals surface area contributed by atoms with Gasteiger partial charge in [-0.15, -0.1) is 0 Å². The first-order valence-electron chi connectivity index (χ1n) is 7.12. The molecule has 1 heterocycles. The van der Waals surface area contributed by atoms with Crippen LogP contribution in [0.5, 0.6) is 0 Å². The van der Waals surface area contributed by atoms with E-state index in [2.05, 4.69) is 31.0 Å². The summed E-state index contributed by atoms with van der Waals surface area (Å²) < 4.78 is 0. The van der Waals surface area contributed by atoms with Gasteiger partial charge in [-0.25, -0.2) is 0 Å². The monoisotopic (exact) mass is 224 g/mol. The second-order valence-corrected chi connectivity index (χ2v) is 6.15. The molecule has 2 aliphatic rings. The van der Waals surface area contributed by atoms with Crippen LogP contribution >= 0.6 is 0 Å². The van der Waals surface area contributed by atoms with Crippen molar-refractivity contribution in [2.75, 3.05) is 26.2 Å². The predicted molar refractivity (Wildman–Crippen MR) is 69.6 cm³/mol. The van der Waals surface area contributed by atoms with E-state index in [1.54, 1.807) is 0 Å². The Balaban J connectivity index is 1.93. The molecule has 2 nitrogen and oxygen atoms in total. The van der Waals surface area contributed by atoms with E-state index >= 15 is 0 Å². The molecule has 2 unspecified atom stereocenters. The summed E-state index contributed by atoms with van der Waals surface area (Å²) in [5, 5.41) is 3.59. The Morgan fingerprint density at radius 2 is 2.19 bits per heavy atom. The van der Waals surface area contributed by atoms with Crippen molar-refractivity contribution in [1.82, 2.24) is 10.2 Å². The van der Waals surface area contributed by atoms with Crippen LogP contribution in [-0.2, 0) is 0 Å². The van der Waals surface area contributed by atoms with E-state index in [9.17, 15) is 0 Å². The normalized spacial score (nSPS) is 33.9. The van der Waals surface area contributed by atoms with Crippen molar-refractivity contribution < 1.29 is 0 Å². The summed E-state index contributed by atoms with van der Waals surface area (Å²) >= 11 is 0. The van der Waals surface area contributed by atoms with Crippen molar-refractivity contribution in [3.8, 4) is 0 Å².